The van der Waals surface area contributed by atoms with E-state index in [1.54, 1.807) is 12.1 Å². The van der Waals surface area contributed by atoms with Gasteiger partial charge < -0.3 is 20.6 Å². The van der Waals surface area contributed by atoms with Gasteiger partial charge in [0.05, 0.1) is 0 Å². The van der Waals surface area contributed by atoms with Crippen molar-refractivity contribution in [3.63, 3.8) is 0 Å². The van der Waals surface area contributed by atoms with E-state index in [1.807, 2.05) is 0 Å². The molecule has 2 N–H and O–H groups in total. The molecule has 1 spiro atoms. The van der Waals surface area contributed by atoms with Crippen LogP contribution in [0.25, 0.3) is 0 Å². The molecule has 0 aromatic carbocycles. The molecule has 1 heterocycles. The first-order valence-electron chi connectivity index (χ1n) is 7.65. The lowest BCUT2D eigenvalue weighted by molar-refractivity contribution is -0.391. The van der Waals surface area contributed by atoms with Crippen molar-refractivity contribution in [1.82, 2.24) is 4.98 Å². The van der Waals surface area contributed by atoms with Crippen LogP contribution in [0.3, 0.4) is 0 Å². The van der Waals surface area contributed by atoms with Gasteiger partial charge in [-0.3, -0.25) is 0 Å². The van der Waals surface area contributed by atoms with E-state index in [1.165, 1.54) is 31.9 Å². The first-order valence-corrected chi connectivity index (χ1v) is 7.65. The largest absolute Gasteiger partial charge is 0.482 e. The predicted molar refractivity (Wildman–Crippen MR) is 78.0 cm³/mol. The number of aromatic nitrogens is 1. The smallest absolute Gasteiger partial charge is 0.406 e. The van der Waals surface area contributed by atoms with E-state index in [2.05, 4.69) is 4.98 Å². The molecule has 0 saturated heterocycles. The quantitative estimate of drug-likeness (QED) is 0.683. The molecule has 114 valence electrons. The Hall–Kier alpha value is -1.69. The number of ether oxygens (including phenoxy) is 1. The summed E-state index contributed by atoms with van der Waals surface area (Å²) in [6.45, 7) is 0. The van der Waals surface area contributed by atoms with Gasteiger partial charge in [0.25, 0.3) is 0 Å². The van der Waals surface area contributed by atoms with Gasteiger partial charge in [-0.25, -0.2) is 0 Å². The standard InChI is InChI=1S/C15H21N3O3/c16-12-10-13(15(12)7-3-1-2-4-8-15)21-11-6-5-9-17-14(11)18(19)20/h5-6,9,12-13H,1-4,7-8,10,16H2. The molecule has 0 radical (unpaired) electrons. The van der Waals surface area contributed by atoms with Crippen molar-refractivity contribution in [2.24, 2.45) is 11.1 Å². The second kappa shape index (κ2) is 5.60. The molecule has 1 aromatic heterocycles. The number of nitrogens with zero attached hydrogens (tertiary/aromatic N) is 2. The third-order valence-electron chi connectivity index (χ3n) is 5.08. The lowest BCUT2D eigenvalue weighted by atomic mass is 9.58. The number of pyridine rings is 1. The number of nitro groups is 1. The Morgan fingerprint density at radius 1 is 1.33 bits per heavy atom. The van der Waals surface area contributed by atoms with Gasteiger partial charge in [-0.05, 0) is 34.9 Å². The van der Waals surface area contributed by atoms with Crippen molar-refractivity contribution >= 4 is 5.82 Å². The van der Waals surface area contributed by atoms with Gasteiger partial charge >= 0.3 is 5.82 Å². The van der Waals surface area contributed by atoms with Crippen LogP contribution in [0.4, 0.5) is 5.82 Å². The van der Waals surface area contributed by atoms with Crippen LogP contribution >= 0.6 is 0 Å². The molecule has 3 rings (SSSR count). The van der Waals surface area contributed by atoms with Crippen LogP contribution in [-0.2, 0) is 0 Å². The predicted octanol–water partition coefficient (Wildman–Crippen LogP) is 2.81. The van der Waals surface area contributed by atoms with Crippen molar-refractivity contribution in [1.29, 1.82) is 0 Å². The minimum atomic E-state index is -0.492. The summed E-state index contributed by atoms with van der Waals surface area (Å²) in [5.74, 6) is 0.0600. The number of nitrogens with two attached hydrogens (primary N) is 1. The summed E-state index contributed by atoms with van der Waals surface area (Å²) in [5.41, 5.74) is 6.27. The highest BCUT2D eigenvalue weighted by molar-refractivity contribution is 5.39. The molecule has 2 fully saturated rings. The van der Waals surface area contributed by atoms with Crippen LogP contribution in [-0.4, -0.2) is 22.1 Å². The highest BCUT2D eigenvalue weighted by atomic mass is 16.6. The third-order valence-corrected chi connectivity index (χ3v) is 5.08. The maximum absolute atomic E-state index is 11.0. The van der Waals surface area contributed by atoms with Crippen LogP contribution in [0.2, 0.25) is 0 Å². The highest BCUT2D eigenvalue weighted by Gasteiger charge is 2.54. The van der Waals surface area contributed by atoms with Gasteiger partial charge in [0.15, 0.2) is 0 Å². The second-order valence-electron chi connectivity index (χ2n) is 6.18. The van der Waals surface area contributed by atoms with Crippen molar-refractivity contribution < 1.29 is 9.66 Å². The molecule has 2 aliphatic rings. The third kappa shape index (κ3) is 2.48. The summed E-state index contributed by atoms with van der Waals surface area (Å²) in [6, 6.07) is 3.44. The topological polar surface area (TPSA) is 91.3 Å². The summed E-state index contributed by atoms with van der Waals surface area (Å²) >= 11 is 0. The van der Waals surface area contributed by atoms with Crippen LogP contribution in [0, 0.1) is 15.5 Å². The maximum atomic E-state index is 11.0. The van der Waals surface area contributed by atoms with E-state index in [0.29, 0.717) is 0 Å². The van der Waals surface area contributed by atoms with Crippen molar-refractivity contribution in [2.45, 2.75) is 57.1 Å². The van der Waals surface area contributed by atoms with Gasteiger partial charge in [0, 0.05) is 17.9 Å². The van der Waals surface area contributed by atoms with E-state index >= 15 is 0 Å². The summed E-state index contributed by atoms with van der Waals surface area (Å²) in [4.78, 5) is 14.3. The number of hydrogen-bond donors (Lipinski definition) is 1. The number of rotatable bonds is 3. The van der Waals surface area contributed by atoms with Crippen LogP contribution in [0.1, 0.15) is 44.9 Å². The molecule has 2 aliphatic carbocycles. The molecule has 6 heteroatoms. The monoisotopic (exact) mass is 291 g/mol. The van der Waals surface area contributed by atoms with Crippen molar-refractivity contribution in [3.05, 3.63) is 28.4 Å². The normalized spacial score (nSPS) is 27.7. The van der Waals surface area contributed by atoms with Gasteiger partial charge in [-0.1, -0.05) is 25.7 Å². The molecule has 6 nitrogen and oxygen atoms in total. The van der Waals surface area contributed by atoms with E-state index in [0.717, 1.165) is 19.3 Å². The lowest BCUT2D eigenvalue weighted by Crippen LogP contribution is -2.63. The van der Waals surface area contributed by atoms with E-state index in [-0.39, 0.29) is 29.1 Å². The molecule has 0 bridgehead atoms. The van der Waals surface area contributed by atoms with Gasteiger partial charge in [-0.15, -0.1) is 0 Å². The second-order valence-corrected chi connectivity index (χ2v) is 6.18. The fraction of sp³-hybridized carbons (Fsp3) is 0.667. The zero-order chi connectivity index (χ0) is 14.9. The van der Waals surface area contributed by atoms with Crippen LogP contribution in [0.15, 0.2) is 18.3 Å². The van der Waals surface area contributed by atoms with Gasteiger partial charge in [-0.2, -0.15) is 0 Å². The van der Waals surface area contributed by atoms with E-state index < -0.39 is 4.92 Å². The van der Waals surface area contributed by atoms with E-state index in [9.17, 15) is 10.1 Å². The van der Waals surface area contributed by atoms with Crippen molar-refractivity contribution in [3.8, 4) is 5.75 Å². The van der Waals surface area contributed by atoms with Crippen LogP contribution in [0.5, 0.6) is 5.75 Å². The Morgan fingerprint density at radius 3 is 2.67 bits per heavy atom. The summed E-state index contributed by atoms with van der Waals surface area (Å²) in [7, 11) is 0. The van der Waals surface area contributed by atoms with E-state index in [4.69, 9.17) is 10.5 Å². The maximum Gasteiger partial charge on any atom is 0.406 e. The molecule has 0 aliphatic heterocycles. The Balaban J connectivity index is 1.80. The fourth-order valence-corrected chi connectivity index (χ4v) is 3.79. The zero-order valence-electron chi connectivity index (χ0n) is 12.0. The minimum Gasteiger partial charge on any atom is -0.482 e. The molecule has 2 saturated carbocycles. The first-order chi connectivity index (χ1) is 10.1. The van der Waals surface area contributed by atoms with Crippen LogP contribution < -0.4 is 10.5 Å². The SMILES string of the molecule is NC1CC(Oc2cccnc2[N+](=O)[O-])C12CCCCCC2. The number of hydrogen-bond acceptors (Lipinski definition) is 5. The minimum absolute atomic E-state index is 0.000208. The molecule has 2 atom stereocenters. The Morgan fingerprint density at radius 2 is 2.05 bits per heavy atom. The zero-order valence-corrected chi connectivity index (χ0v) is 12.0. The fourth-order valence-electron chi connectivity index (χ4n) is 3.79. The first kappa shape index (κ1) is 14.3. The summed E-state index contributed by atoms with van der Waals surface area (Å²) in [5, 5.41) is 11.0. The Kier molecular flexibility index (Phi) is 3.80. The molecule has 2 unspecified atom stereocenters. The molecule has 0 amide bonds. The summed E-state index contributed by atoms with van der Waals surface area (Å²) in [6.07, 6.45) is 9.12. The molecule has 21 heavy (non-hydrogen) atoms. The highest BCUT2D eigenvalue weighted by Crippen LogP contribution is 2.51. The van der Waals surface area contributed by atoms with Crippen molar-refractivity contribution in [2.75, 3.05) is 0 Å². The Bertz CT molecular complexity index is 527. The lowest BCUT2D eigenvalue weighted by Gasteiger charge is -2.53. The average molecular weight is 291 g/mol. The molecule has 1 aromatic rings. The summed E-state index contributed by atoms with van der Waals surface area (Å²) < 4.78 is 5.98. The van der Waals surface area contributed by atoms with Gasteiger partial charge in [0.2, 0.25) is 5.75 Å². The molecular weight excluding hydrogens is 270 g/mol. The molecular formula is C15H21N3O3. The average Bonchev–Trinajstić information content (AvgIpc) is 2.75. The Labute approximate surface area is 123 Å². The van der Waals surface area contributed by atoms with Gasteiger partial charge in [0.1, 0.15) is 12.3 Å².